The van der Waals surface area contributed by atoms with Crippen LogP contribution in [0.4, 0.5) is 5.69 Å². The van der Waals surface area contributed by atoms with Gasteiger partial charge >= 0.3 is 0 Å². The van der Waals surface area contributed by atoms with E-state index in [2.05, 4.69) is 10.3 Å². The molecule has 0 spiro atoms. The van der Waals surface area contributed by atoms with Gasteiger partial charge in [0.2, 0.25) is 5.82 Å². The summed E-state index contributed by atoms with van der Waals surface area (Å²) in [4.78, 5) is 32.0. The normalized spacial score (nSPS) is 10.7. The van der Waals surface area contributed by atoms with Crippen LogP contribution < -0.4 is 10.2 Å². The van der Waals surface area contributed by atoms with Gasteiger partial charge in [0.1, 0.15) is 0 Å². The van der Waals surface area contributed by atoms with Crippen LogP contribution in [0.5, 0.6) is 0 Å². The topological polar surface area (TPSA) is 66.7 Å². The number of anilines is 1. The van der Waals surface area contributed by atoms with Crippen LogP contribution in [0.1, 0.15) is 32.2 Å². The van der Waals surface area contributed by atoms with Crippen molar-refractivity contribution in [2.45, 2.75) is 13.5 Å². The highest BCUT2D eigenvalue weighted by atomic mass is 16.2. The van der Waals surface area contributed by atoms with Crippen molar-refractivity contribution in [1.82, 2.24) is 14.7 Å². The fourth-order valence-electron chi connectivity index (χ4n) is 3.34. The Hall–Kier alpha value is -3.93. The molecule has 1 N–H and O–H groups in total. The van der Waals surface area contributed by atoms with Gasteiger partial charge in [-0.1, -0.05) is 48.5 Å². The van der Waals surface area contributed by atoms with Crippen molar-refractivity contribution in [2.24, 2.45) is 0 Å². The molecule has 6 nitrogen and oxygen atoms in total. The number of pyridine rings is 1. The van der Waals surface area contributed by atoms with Crippen molar-refractivity contribution >= 4 is 23.0 Å². The molecule has 2 aromatic carbocycles. The summed E-state index contributed by atoms with van der Waals surface area (Å²) < 4.78 is 1.66. The molecule has 30 heavy (non-hydrogen) atoms. The number of hydrogen-bond donors (Lipinski definition) is 1. The van der Waals surface area contributed by atoms with E-state index in [1.54, 1.807) is 23.7 Å². The number of aryl methyl sites for hydroxylation is 1. The molecule has 0 aliphatic heterocycles. The van der Waals surface area contributed by atoms with Crippen molar-refractivity contribution < 1.29 is 9.59 Å². The number of carbonyl (C=O) groups excluding carboxylic acids is 2. The molecule has 150 valence electrons. The summed E-state index contributed by atoms with van der Waals surface area (Å²) in [7, 11) is 1.69. The molecule has 0 aliphatic rings. The summed E-state index contributed by atoms with van der Waals surface area (Å²) in [6.45, 7) is 2.40. The van der Waals surface area contributed by atoms with Crippen LogP contribution in [-0.2, 0) is 6.54 Å². The van der Waals surface area contributed by atoms with Gasteiger partial charge in [0, 0.05) is 25.5 Å². The largest absolute Gasteiger partial charge is 0.347 e. The minimum Gasteiger partial charge on any atom is -0.347 e. The summed E-state index contributed by atoms with van der Waals surface area (Å²) in [5.74, 6) is -0.415. The first-order chi connectivity index (χ1) is 14.6. The van der Waals surface area contributed by atoms with Gasteiger partial charge in [-0.2, -0.15) is 0 Å². The third-order valence-electron chi connectivity index (χ3n) is 5.10. The average molecular weight is 398 g/mol. The highest BCUT2D eigenvalue weighted by Crippen LogP contribution is 2.18. The molecular weight excluding hydrogens is 376 g/mol. The third-order valence-corrected chi connectivity index (χ3v) is 5.10. The zero-order valence-electron chi connectivity index (χ0n) is 16.9. The van der Waals surface area contributed by atoms with Gasteiger partial charge in [-0.15, -0.1) is 0 Å². The van der Waals surface area contributed by atoms with Gasteiger partial charge < -0.3 is 10.2 Å². The van der Waals surface area contributed by atoms with Crippen LogP contribution in [0.15, 0.2) is 79.0 Å². The molecule has 0 unspecified atom stereocenters. The van der Waals surface area contributed by atoms with Crippen LogP contribution in [0.2, 0.25) is 0 Å². The summed E-state index contributed by atoms with van der Waals surface area (Å²) in [6.07, 6.45) is 1.74. The molecule has 4 aromatic rings. The number of hydrogen-bond acceptors (Lipinski definition) is 3. The molecule has 6 heteroatoms. The lowest BCUT2D eigenvalue weighted by atomic mass is 10.1. The maximum absolute atomic E-state index is 13.1. The Balaban J connectivity index is 1.64. The first-order valence-electron chi connectivity index (χ1n) is 9.69. The maximum atomic E-state index is 13.1. The minimum absolute atomic E-state index is 0.193. The second-order valence-electron chi connectivity index (χ2n) is 7.05. The summed E-state index contributed by atoms with van der Waals surface area (Å²) in [5.41, 5.74) is 3.71. The van der Waals surface area contributed by atoms with Crippen LogP contribution in [-0.4, -0.2) is 28.2 Å². The highest BCUT2D eigenvalue weighted by Gasteiger charge is 2.24. The van der Waals surface area contributed by atoms with E-state index in [1.165, 1.54) is 4.90 Å². The number of para-hydroxylation sites is 1. The first-order valence-corrected chi connectivity index (χ1v) is 9.69. The van der Waals surface area contributed by atoms with E-state index >= 15 is 0 Å². The fraction of sp³-hybridized carbons (Fsp3) is 0.125. The third kappa shape index (κ3) is 3.67. The lowest BCUT2D eigenvalue weighted by Gasteiger charge is -2.16. The molecule has 0 fully saturated rings. The highest BCUT2D eigenvalue weighted by molar-refractivity contribution is 6.07. The second kappa shape index (κ2) is 8.21. The molecule has 2 aromatic heterocycles. The average Bonchev–Trinajstić information content (AvgIpc) is 3.18. The Morgan fingerprint density at radius 3 is 2.43 bits per heavy atom. The van der Waals surface area contributed by atoms with Gasteiger partial charge in [-0.25, -0.2) is 4.98 Å². The van der Waals surface area contributed by atoms with Crippen molar-refractivity contribution in [3.8, 4) is 0 Å². The summed E-state index contributed by atoms with van der Waals surface area (Å²) in [5, 5.41) is 2.92. The van der Waals surface area contributed by atoms with Crippen molar-refractivity contribution in [2.75, 3.05) is 11.9 Å². The number of nitrogens with one attached hydrogen (secondary N) is 1. The number of aromatic nitrogens is 2. The van der Waals surface area contributed by atoms with Crippen LogP contribution in [0.25, 0.3) is 5.52 Å². The maximum Gasteiger partial charge on any atom is 0.294 e. The van der Waals surface area contributed by atoms with E-state index in [0.717, 1.165) is 16.8 Å². The van der Waals surface area contributed by atoms with E-state index in [9.17, 15) is 9.59 Å². The van der Waals surface area contributed by atoms with Gasteiger partial charge in [0.05, 0.1) is 5.52 Å². The van der Waals surface area contributed by atoms with Gasteiger partial charge in [0.25, 0.3) is 11.8 Å². The molecule has 0 saturated heterocycles. The standard InChI is InChI=1S/C24H22N4O2/c1-17-10-6-7-11-18(17)16-25-23(29)21-20-14-8-9-15-28(20)22(26-21)24(30)27(2)19-12-4-3-5-13-19/h3-15H,16H2,1-2H3,(H,25,29). The molecule has 4 rings (SSSR count). The number of rotatable bonds is 5. The smallest absolute Gasteiger partial charge is 0.294 e. The van der Waals surface area contributed by atoms with E-state index < -0.39 is 0 Å². The number of imidazole rings is 1. The lowest BCUT2D eigenvalue weighted by Crippen LogP contribution is -2.28. The Morgan fingerprint density at radius 1 is 0.967 bits per heavy atom. The predicted molar refractivity (Wildman–Crippen MR) is 117 cm³/mol. The van der Waals surface area contributed by atoms with E-state index in [0.29, 0.717) is 12.1 Å². The van der Waals surface area contributed by atoms with Crippen molar-refractivity contribution in [3.05, 3.63) is 102 Å². The molecule has 0 aliphatic carbocycles. The molecule has 0 atom stereocenters. The molecular formula is C24H22N4O2. The van der Waals surface area contributed by atoms with Crippen molar-refractivity contribution in [3.63, 3.8) is 0 Å². The summed E-state index contributed by atoms with van der Waals surface area (Å²) >= 11 is 0. The molecule has 2 amide bonds. The molecule has 0 radical (unpaired) electrons. The zero-order valence-corrected chi connectivity index (χ0v) is 16.9. The van der Waals surface area contributed by atoms with Gasteiger partial charge in [0.15, 0.2) is 5.69 Å². The SMILES string of the molecule is Cc1ccccc1CNC(=O)c1nc(C(=O)N(C)c2ccccc2)n2ccccc12. The first kappa shape index (κ1) is 19.4. The quantitative estimate of drug-likeness (QED) is 0.555. The zero-order chi connectivity index (χ0) is 21.1. The van der Waals surface area contributed by atoms with Gasteiger partial charge in [-0.05, 0) is 42.3 Å². The Labute approximate surface area is 174 Å². The Morgan fingerprint density at radius 2 is 1.67 bits per heavy atom. The summed E-state index contributed by atoms with van der Waals surface area (Å²) in [6, 6.07) is 22.6. The molecule has 0 saturated carbocycles. The number of benzene rings is 2. The number of carbonyl (C=O) groups is 2. The number of fused-ring (bicyclic) bond motifs is 1. The predicted octanol–water partition coefficient (Wildman–Crippen LogP) is 3.85. The molecule has 0 bridgehead atoms. The Bertz CT molecular complexity index is 1210. The second-order valence-corrected chi connectivity index (χ2v) is 7.05. The van der Waals surface area contributed by atoms with E-state index in [4.69, 9.17) is 0 Å². The van der Waals surface area contributed by atoms with E-state index in [1.807, 2.05) is 73.7 Å². The van der Waals surface area contributed by atoms with Crippen LogP contribution in [0.3, 0.4) is 0 Å². The Kier molecular flexibility index (Phi) is 5.30. The van der Waals surface area contributed by atoms with Crippen molar-refractivity contribution in [1.29, 1.82) is 0 Å². The van der Waals surface area contributed by atoms with Gasteiger partial charge in [-0.3, -0.25) is 14.0 Å². The number of amides is 2. The fourth-order valence-corrected chi connectivity index (χ4v) is 3.34. The minimum atomic E-state index is -0.316. The number of nitrogens with zero attached hydrogens (tertiary/aromatic N) is 3. The van der Waals surface area contributed by atoms with Crippen LogP contribution >= 0.6 is 0 Å². The molecule has 2 heterocycles. The monoisotopic (exact) mass is 398 g/mol. The van der Waals surface area contributed by atoms with Crippen LogP contribution in [0, 0.1) is 6.92 Å². The lowest BCUT2D eigenvalue weighted by molar-refractivity contribution is 0.0948. The van der Waals surface area contributed by atoms with E-state index in [-0.39, 0.29) is 23.3 Å².